The summed E-state index contributed by atoms with van der Waals surface area (Å²) < 4.78 is 0. The molecule has 2 nitrogen and oxygen atoms in total. The van der Waals surface area contributed by atoms with Crippen LogP contribution in [0.1, 0.15) is 32.3 Å². The highest BCUT2D eigenvalue weighted by Crippen LogP contribution is 2.23. The Kier molecular flexibility index (Phi) is 6.16. The number of halogens is 2. The molecule has 2 rings (SSSR count). The van der Waals surface area contributed by atoms with E-state index in [0.717, 1.165) is 41.8 Å². The second kappa shape index (κ2) is 7.65. The lowest BCUT2D eigenvalue weighted by molar-refractivity contribution is 0.216. The molecule has 1 N–H and O–H groups in total. The van der Waals surface area contributed by atoms with Gasteiger partial charge in [0.05, 0.1) is 0 Å². The number of hydrogen-bond acceptors (Lipinski definition) is 2. The van der Waals surface area contributed by atoms with Crippen molar-refractivity contribution < 1.29 is 0 Å². The van der Waals surface area contributed by atoms with E-state index in [9.17, 15) is 0 Å². The van der Waals surface area contributed by atoms with Crippen LogP contribution in [0.15, 0.2) is 18.2 Å². The van der Waals surface area contributed by atoms with Crippen LogP contribution in [0.5, 0.6) is 0 Å². The summed E-state index contributed by atoms with van der Waals surface area (Å²) in [5, 5.41) is 5.14. The third-order valence-electron chi connectivity index (χ3n) is 3.67. The number of hydrogen-bond donors (Lipinski definition) is 1. The van der Waals surface area contributed by atoms with Crippen LogP contribution >= 0.6 is 23.2 Å². The quantitative estimate of drug-likeness (QED) is 0.846. The molecule has 1 aromatic carbocycles. The molecule has 1 aliphatic heterocycles. The molecule has 1 aliphatic rings. The first-order valence-corrected chi connectivity index (χ1v) is 8.20. The smallest absolute Gasteiger partial charge is 0.0452 e. The molecule has 1 heterocycles. The van der Waals surface area contributed by atoms with Crippen LogP contribution in [0.25, 0.3) is 0 Å². The van der Waals surface area contributed by atoms with Crippen molar-refractivity contribution in [3.63, 3.8) is 0 Å². The molecule has 1 fully saturated rings. The van der Waals surface area contributed by atoms with Crippen LogP contribution in [0.3, 0.4) is 0 Å². The van der Waals surface area contributed by atoms with E-state index >= 15 is 0 Å². The van der Waals surface area contributed by atoms with Gasteiger partial charge >= 0.3 is 0 Å². The highest BCUT2D eigenvalue weighted by Gasteiger charge is 2.19. The van der Waals surface area contributed by atoms with E-state index in [-0.39, 0.29) is 0 Å². The lowest BCUT2D eigenvalue weighted by Gasteiger charge is -2.27. The molecule has 20 heavy (non-hydrogen) atoms. The molecule has 1 atom stereocenters. The molecule has 112 valence electrons. The van der Waals surface area contributed by atoms with E-state index < -0.39 is 0 Å². The van der Waals surface area contributed by atoms with Gasteiger partial charge in [-0.05, 0) is 49.1 Å². The molecule has 0 radical (unpaired) electrons. The zero-order valence-corrected chi connectivity index (χ0v) is 13.8. The Hall–Kier alpha value is -0.280. The fraction of sp³-hybridized carbons (Fsp3) is 0.625. The van der Waals surface area contributed by atoms with Gasteiger partial charge in [0.1, 0.15) is 0 Å². The molecule has 0 aliphatic carbocycles. The summed E-state index contributed by atoms with van der Waals surface area (Å²) in [6, 6.07) is 6.34. The normalized spacial score (nSPS) is 19.2. The van der Waals surface area contributed by atoms with Gasteiger partial charge in [0, 0.05) is 35.7 Å². The van der Waals surface area contributed by atoms with Gasteiger partial charge in [0.25, 0.3) is 0 Å². The second-order valence-electron chi connectivity index (χ2n) is 6.12. The van der Waals surface area contributed by atoms with Crippen molar-refractivity contribution in [1.29, 1.82) is 0 Å². The van der Waals surface area contributed by atoms with Crippen molar-refractivity contribution in [2.45, 2.75) is 39.3 Å². The number of benzene rings is 1. The minimum atomic E-state index is 0.617. The van der Waals surface area contributed by atoms with Crippen LogP contribution in [0.2, 0.25) is 10.0 Å². The fourth-order valence-corrected chi connectivity index (χ4v) is 3.22. The Morgan fingerprint density at radius 1 is 1.35 bits per heavy atom. The Morgan fingerprint density at radius 3 is 2.80 bits per heavy atom. The first-order valence-electron chi connectivity index (χ1n) is 7.44. The third-order valence-corrected chi connectivity index (χ3v) is 4.27. The van der Waals surface area contributed by atoms with Crippen molar-refractivity contribution in [3.05, 3.63) is 33.8 Å². The summed E-state index contributed by atoms with van der Waals surface area (Å²) >= 11 is 12.4. The lowest BCUT2D eigenvalue weighted by atomic mass is 10.1. The van der Waals surface area contributed by atoms with Crippen LogP contribution in [0, 0.1) is 5.92 Å². The van der Waals surface area contributed by atoms with E-state index in [1.54, 1.807) is 0 Å². The lowest BCUT2D eigenvalue weighted by Crippen LogP contribution is -2.39. The van der Waals surface area contributed by atoms with Crippen LogP contribution < -0.4 is 5.32 Å². The Morgan fingerprint density at radius 2 is 2.15 bits per heavy atom. The molecule has 0 aromatic heterocycles. The summed E-state index contributed by atoms with van der Waals surface area (Å²) in [4.78, 5) is 2.49. The van der Waals surface area contributed by atoms with Gasteiger partial charge in [-0.25, -0.2) is 0 Å². The van der Waals surface area contributed by atoms with Gasteiger partial charge in [-0.2, -0.15) is 0 Å². The predicted octanol–water partition coefficient (Wildman–Crippen LogP) is 4.20. The minimum Gasteiger partial charge on any atom is -0.313 e. The third kappa shape index (κ3) is 4.92. The van der Waals surface area contributed by atoms with Gasteiger partial charge in [-0.15, -0.1) is 0 Å². The number of nitrogens with zero attached hydrogens (tertiary/aromatic N) is 1. The van der Waals surface area contributed by atoms with Gasteiger partial charge in [0.2, 0.25) is 0 Å². The fourth-order valence-electron chi connectivity index (χ4n) is 2.85. The maximum Gasteiger partial charge on any atom is 0.0452 e. The standard InChI is InChI=1S/C16H24Cl2N2/c1-12(2)9-20(11-15-4-3-7-19-15)10-13-8-14(17)5-6-16(13)18/h5-6,8,12,15,19H,3-4,7,9-11H2,1-2H3. The van der Waals surface area contributed by atoms with Crippen LogP contribution in [-0.2, 0) is 6.54 Å². The van der Waals surface area contributed by atoms with Crippen molar-refractivity contribution in [3.8, 4) is 0 Å². The van der Waals surface area contributed by atoms with Gasteiger partial charge in [-0.1, -0.05) is 37.0 Å². The molecule has 1 saturated heterocycles. The summed E-state index contributed by atoms with van der Waals surface area (Å²) in [7, 11) is 0. The molecule has 1 unspecified atom stereocenters. The van der Waals surface area contributed by atoms with Crippen LogP contribution in [0.4, 0.5) is 0 Å². The largest absolute Gasteiger partial charge is 0.313 e. The zero-order chi connectivity index (χ0) is 14.5. The summed E-state index contributed by atoms with van der Waals surface area (Å²) in [5.74, 6) is 0.648. The van der Waals surface area contributed by atoms with E-state index in [0.29, 0.717) is 12.0 Å². The number of nitrogens with one attached hydrogen (secondary N) is 1. The average molecular weight is 315 g/mol. The number of rotatable bonds is 6. The minimum absolute atomic E-state index is 0.617. The predicted molar refractivity (Wildman–Crippen MR) is 87.6 cm³/mol. The maximum atomic E-state index is 6.29. The van der Waals surface area contributed by atoms with E-state index in [4.69, 9.17) is 23.2 Å². The van der Waals surface area contributed by atoms with E-state index in [1.807, 2.05) is 18.2 Å². The molecule has 4 heteroatoms. The molecule has 0 amide bonds. The summed E-state index contributed by atoms with van der Waals surface area (Å²) in [5.41, 5.74) is 1.12. The Bertz CT molecular complexity index is 428. The van der Waals surface area contributed by atoms with Crippen molar-refractivity contribution in [2.24, 2.45) is 5.92 Å². The van der Waals surface area contributed by atoms with Crippen molar-refractivity contribution in [2.75, 3.05) is 19.6 Å². The highest BCUT2D eigenvalue weighted by atomic mass is 35.5. The molecule has 0 saturated carbocycles. The monoisotopic (exact) mass is 314 g/mol. The van der Waals surface area contributed by atoms with Gasteiger partial charge < -0.3 is 5.32 Å². The van der Waals surface area contributed by atoms with Crippen LogP contribution in [-0.4, -0.2) is 30.6 Å². The van der Waals surface area contributed by atoms with Crippen molar-refractivity contribution in [1.82, 2.24) is 10.2 Å². The van der Waals surface area contributed by atoms with E-state index in [2.05, 4.69) is 24.1 Å². The van der Waals surface area contributed by atoms with Crippen molar-refractivity contribution >= 4 is 23.2 Å². The first kappa shape index (κ1) is 16.1. The second-order valence-corrected chi connectivity index (χ2v) is 6.96. The maximum absolute atomic E-state index is 6.29. The summed E-state index contributed by atoms with van der Waals surface area (Å²) in [6.45, 7) is 8.71. The molecule has 1 aromatic rings. The average Bonchev–Trinajstić information content (AvgIpc) is 2.86. The van der Waals surface area contributed by atoms with E-state index in [1.165, 1.54) is 12.8 Å². The Labute approximate surface area is 132 Å². The molecular weight excluding hydrogens is 291 g/mol. The topological polar surface area (TPSA) is 15.3 Å². The first-order chi connectivity index (χ1) is 9.54. The zero-order valence-electron chi connectivity index (χ0n) is 12.3. The Balaban J connectivity index is 2.03. The van der Waals surface area contributed by atoms with Gasteiger partial charge in [0.15, 0.2) is 0 Å². The molecule has 0 bridgehead atoms. The van der Waals surface area contributed by atoms with Gasteiger partial charge in [-0.3, -0.25) is 4.90 Å². The SMILES string of the molecule is CC(C)CN(Cc1cc(Cl)ccc1Cl)CC1CCCN1. The molecule has 0 spiro atoms. The highest BCUT2D eigenvalue weighted by molar-refractivity contribution is 6.33. The molecular formula is C16H24Cl2N2. The summed E-state index contributed by atoms with van der Waals surface area (Å²) in [6.07, 6.45) is 2.57.